The van der Waals surface area contributed by atoms with Gasteiger partial charge in [0.15, 0.2) is 5.43 Å². The van der Waals surface area contributed by atoms with Crippen LogP contribution in [0.1, 0.15) is 46.6 Å². The van der Waals surface area contributed by atoms with Crippen LogP contribution in [-0.4, -0.2) is 17.4 Å². The van der Waals surface area contributed by atoms with Gasteiger partial charge in [-0.3, -0.25) is 9.59 Å². The van der Waals surface area contributed by atoms with Crippen LogP contribution in [0, 0.1) is 0 Å². The predicted molar refractivity (Wildman–Crippen MR) is 123 cm³/mol. The van der Waals surface area contributed by atoms with Gasteiger partial charge in [0, 0.05) is 6.54 Å². The van der Waals surface area contributed by atoms with Crippen molar-refractivity contribution in [3.8, 4) is 5.75 Å². The predicted octanol–water partition coefficient (Wildman–Crippen LogP) is 5.33. The van der Waals surface area contributed by atoms with Crippen molar-refractivity contribution in [2.24, 2.45) is 0 Å². The van der Waals surface area contributed by atoms with Crippen molar-refractivity contribution < 1.29 is 13.9 Å². The summed E-state index contributed by atoms with van der Waals surface area (Å²) >= 11 is 0. The van der Waals surface area contributed by atoms with E-state index in [0.717, 1.165) is 23.3 Å². The molecule has 0 spiro atoms. The van der Waals surface area contributed by atoms with E-state index in [1.54, 1.807) is 29.2 Å². The Bertz CT molecular complexity index is 1330. The summed E-state index contributed by atoms with van der Waals surface area (Å²) in [6.07, 6.45) is 0.780. The summed E-state index contributed by atoms with van der Waals surface area (Å²) in [4.78, 5) is 28.3. The molecule has 160 valence electrons. The van der Waals surface area contributed by atoms with Crippen molar-refractivity contribution in [2.75, 3.05) is 6.54 Å². The van der Waals surface area contributed by atoms with Gasteiger partial charge in [0.25, 0.3) is 5.91 Å². The Balaban J connectivity index is 1.51. The summed E-state index contributed by atoms with van der Waals surface area (Å²) in [5.74, 6) is 0.644. The Hall–Kier alpha value is -3.86. The van der Waals surface area contributed by atoms with Crippen LogP contribution in [0.3, 0.4) is 0 Å². The highest BCUT2D eigenvalue weighted by atomic mass is 16.5. The van der Waals surface area contributed by atoms with Crippen molar-refractivity contribution in [2.45, 2.75) is 26.0 Å². The van der Waals surface area contributed by atoms with Crippen molar-refractivity contribution in [1.29, 1.82) is 0 Å². The fourth-order valence-corrected chi connectivity index (χ4v) is 4.27. The first-order chi connectivity index (χ1) is 15.7. The second-order valence-corrected chi connectivity index (χ2v) is 7.91. The Kier molecular flexibility index (Phi) is 5.23. The lowest BCUT2D eigenvalue weighted by atomic mass is 9.98. The quantitative estimate of drug-likeness (QED) is 0.419. The lowest BCUT2D eigenvalue weighted by Crippen LogP contribution is -2.30. The Morgan fingerprint density at radius 2 is 1.62 bits per heavy atom. The lowest BCUT2D eigenvalue weighted by molar-refractivity contribution is 0.0728. The van der Waals surface area contributed by atoms with Crippen LogP contribution in [0.2, 0.25) is 0 Å². The molecule has 0 saturated heterocycles. The van der Waals surface area contributed by atoms with E-state index in [1.807, 2.05) is 61.5 Å². The van der Waals surface area contributed by atoms with Crippen LogP contribution >= 0.6 is 0 Å². The summed E-state index contributed by atoms with van der Waals surface area (Å²) in [5, 5.41) is 0.491. The first-order valence-corrected chi connectivity index (χ1v) is 10.8. The summed E-state index contributed by atoms with van der Waals surface area (Å²) in [6, 6.07) is 24.2. The van der Waals surface area contributed by atoms with Crippen LogP contribution in [0.15, 0.2) is 88.1 Å². The standard InChI is InChI=1S/C27H23NO4/c1-2-16-28-24(19-12-14-20(15-13-19)31-17-18-8-4-3-5-9-18)23-25(29)21-10-6-7-11-22(21)32-26(23)27(28)30/h3-15,24H,2,16-17H2,1H3/t24-/m1/s1. The molecule has 3 aromatic carbocycles. The molecule has 0 unspecified atom stereocenters. The van der Waals surface area contributed by atoms with Gasteiger partial charge in [-0.1, -0.05) is 61.5 Å². The highest BCUT2D eigenvalue weighted by Gasteiger charge is 2.42. The first-order valence-electron chi connectivity index (χ1n) is 10.8. The molecule has 0 bridgehead atoms. The number of para-hydroxylation sites is 1. The van der Waals surface area contributed by atoms with Crippen molar-refractivity contribution in [3.63, 3.8) is 0 Å². The van der Waals surface area contributed by atoms with Crippen LogP contribution in [0.5, 0.6) is 5.75 Å². The third-order valence-corrected chi connectivity index (χ3v) is 5.78. The number of benzene rings is 3. The number of nitrogens with zero attached hydrogens (tertiary/aromatic N) is 1. The van der Waals surface area contributed by atoms with E-state index in [1.165, 1.54) is 0 Å². The number of ether oxygens (including phenoxy) is 1. The average molecular weight is 425 g/mol. The van der Waals surface area contributed by atoms with E-state index < -0.39 is 6.04 Å². The molecule has 1 aromatic heterocycles. The summed E-state index contributed by atoms with van der Waals surface area (Å²) in [7, 11) is 0. The highest BCUT2D eigenvalue weighted by molar-refractivity contribution is 5.99. The number of rotatable bonds is 6. The highest BCUT2D eigenvalue weighted by Crippen LogP contribution is 2.38. The second-order valence-electron chi connectivity index (χ2n) is 7.91. The maximum absolute atomic E-state index is 13.4. The molecule has 0 N–H and O–H groups in total. The molecule has 0 saturated carbocycles. The lowest BCUT2D eigenvalue weighted by Gasteiger charge is -2.24. The number of amides is 1. The van der Waals surface area contributed by atoms with Gasteiger partial charge in [-0.25, -0.2) is 0 Å². The van der Waals surface area contributed by atoms with E-state index in [9.17, 15) is 9.59 Å². The molecule has 0 aliphatic carbocycles. The number of fused-ring (bicyclic) bond motifs is 2. The molecule has 1 aliphatic heterocycles. The summed E-state index contributed by atoms with van der Waals surface area (Å²) in [5.41, 5.74) is 2.65. The zero-order valence-corrected chi connectivity index (χ0v) is 17.8. The van der Waals surface area contributed by atoms with Gasteiger partial charge in [0.05, 0.1) is 17.0 Å². The Labute approximate surface area is 185 Å². The SMILES string of the molecule is CCCN1C(=O)c2oc3ccccc3c(=O)c2[C@H]1c1ccc(OCc2ccccc2)cc1. The molecular weight excluding hydrogens is 402 g/mol. The summed E-state index contributed by atoms with van der Waals surface area (Å²) in [6.45, 7) is 3.03. The molecule has 0 fully saturated rings. The third kappa shape index (κ3) is 3.46. The molecule has 0 radical (unpaired) electrons. The largest absolute Gasteiger partial charge is 0.489 e. The molecular formula is C27H23NO4. The molecule has 32 heavy (non-hydrogen) atoms. The van der Waals surface area contributed by atoms with Crippen LogP contribution < -0.4 is 10.2 Å². The van der Waals surface area contributed by atoms with Crippen molar-refractivity contribution in [3.05, 3.63) is 112 Å². The van der Waals surface area contributed by atoms with Gasteiger partial charge in [0.1, 0.15) is 17.9 Å². The Morgan fingerprint density at radius 1 is 0.906 bits per heavy atom. The van der Waals surface area contributed by atoms with Crippen molar-refractivity contribution in [1.82, 2.24) is 4.90 Å². The van der Waals surface area contributed by atoms with Gasteiger partial charge >= 0.3 is 0 Å². The zero-order chi connectivity index (χ0) is 22.1. The fourth-order valence-electron chi connectivity index (χ4n) is 4.27. The third-order valence-electron chi connectivity index (χ3n) is 5.78. The zero-order valence-electron chi connectivity index (χ0n) is 17.8. The van der Waals surface area contributed by atoms with E-state index in [-0.39, 0.29) is 17.1 Å². The molecule has 1 atom stereocenters. The number of hydrogen-bond acceptors (Lipinski definition) is 4. The van der Waals surface area contributed by atoms with Gasteiger partial charge in [-0.2, -0.15) is 0 Å². The molecule has 5 nitrogen and oxygen atoms in total. The Morgan fingerprint density at radius 3 is 2.38 bits per heavy atom. The minimum Gasteiger partial charge on any atom is -0.489 e. The number of hydrogen-bond donors (Lipinski definition) is 0. The molecule has 4 aromatic rings. The van der Waals surface area contributed by atoms with Crippen LogP contribution in [0.4, 0.5) is 0 Å². The van der Waals surface area contributed by atoms with Crippen LogP contribution in [-0.2, 0) is 6.61 Å². The molecule has 2 heterocycles. The molecule has 1 amide bonds. The van der Waals surface area contributed by atoms with Gasteiger partial charge in [0.2, 0.25) is 5.76 Å². The number of carbonyl (C=O) groups excluding carboxylic acids is 1. The minimum atomic E-state index is -0.471. The van der Waals surface area contributed by atoms with E-state index >= 15 is 0 Å². The van der Waals surface area contributed by atoms with Gasteiger partial charge in [-0.15, -0.1) is 0 Å². The first kappa shape index (κ1) is 20.1. The molecule has 1 aliphatic rings. The van der Waals surface area contributed by atoms with Gasteiger partial charge < -0.3 is 14.1 Å². The molecule has 5 rings (SSSR count). The summed E-state index contributed by atoms with van der Waals surface area (Å²) < 4.78 is 11.8. The topological polar surface area (TPSA) is 59.8 Å². The fraction of sp³-hybridized carbons (Fsp3) is 0.185. The smallest absolute Gasteiger partial charge is 0.290 e. The van der Waals surface area contributed by atoms with Crippen LogP contribution in [0.25, 0.3) is 11.0 Å². The maximum atomic E-state index is 13.4. The van der Waals surface area contributed by atoms with Crippen molar-refractivity contribution >= 4 is 16.9 Å². The number of carbonyl (C=O) groups is 1. The van der Waals surface area contributed by atoms with E-state index in [4.69, 9.17) is 9.15 Å². The monoisotopic (exact) mass is 425 g/mol. The molecule has 5 heteroatoms. The maximum Gasteiger partial charge on any atom is 0.290 e. The minimum absolute atomic E-state index is 0.150. The van der Waals surface area contributed by atoms with Gasteiger partial charge in [-0.05, 0) is 41.8 Å². The average Bonchev–Trinajstić information content (AvgIpc) is 3.11. The second kappa shape index (κ2) is 8.35. The van der Waals surface area contributed by atoms with E-state index in [0.29, 0.717) is 29.7 Å². The normalized spacial score (nSPS) is 15.2. The van der Waals surface area contributed by atoms with E-state index in [2.05, 4.69) is 0 Å².